The molecule has 0 heterocycles. The van der Waals surface area contributed by atoms with E-state index in [1.54, 1.807) is 0 Å². The Bertz CT molecular complexity index is 554. The summed E-state index contributed by atoms with van der Waals surface area (Å²) in [6.45, 7) is 5.07. The molecule has 0 aliphatic heterocycles. The first kappa shape index (κ1) is 16.5. The molecular weight excluding hydrogens is 282 g/mol. The lowest BCUT2D eigenvalue weighted by atomic mass is 9.98. The Morgan fingerprint density at radius 1 is 1.14 bits per heavy atom. The molecule has 0 aromatic heterocycles. The third-order valence-electron chi connectivity index (χ3n) is 4.27. The van der Waals surface area contributed by atoms with Crippen molar-refractivity contribution in [3.8, 4) is 0 Å². The van der Waals surface area contributed by atoms with Crippen molar-refractivity contribution in [2.24, 2.45) is 5.92 Å². The second-order valence-corrected chi connectivity index (χ2v) is 8.34. The maximum absolute atomic E-state index is 12.0. The van der Waals surface area contributed by atoms with Gasteiger partial charge in [-0.25, -0.2) is 8.42 Å². The Balaban J connectivity index is 2.05. The number of hydrogen-bond donors (Lipinski definition) is 1. The van der Waals surface area contributed by atoms with E-state index in [9.17, 15) is 8.42 Å². The zero-order valence-electron chi connectivity index (χ0n) is 13.1. The summed E-state index contributed by atoms with van der Waals surface area (Å²) in [4.78, 5) is 0. The van der Waals surface area contributed by atoms with Gasteiger partial charge < -0.3 is 5.32 Å². The van der Waals surface area contributed by atoms with E-state index in [-0.39, 0.29) is 0 Å². The summed E-state index contributed by atoms with van der Waals surface area (Å²) >= 11 is 0. The smallest absolute Gasteiger partial charge is 0.150 e. The van der Waals surface area contributed by atoms with E-state index in [2.05, 4.69) is 36.5 Å². The fourth-order valence-electron chi connectivity index (χ4n) is 3.27. The lowest BCUT2D eigenvalue weighted by Crippen LogP contribution is -2.27. The Hall–Kier alpha value is -0.870. The summed E-state index contributed by atoms with van der Waals surface area (Å²) in [5.41, 5.74) is 2.74. The molecule has 118 valence electrons. The van der Waals surface area contributed by atoms with Gasteiger partial charge >= 0.3 is 0 Å². The van der Waals surface area contributed by atoms with Crippen LogP contribution in [-0.2, 0) is 16.3 Å². The van der Waals surface area contributed by atoms with Crippen LogP contribution in [0.4, 0.5) is 0 Å². The molecular formula is C17H27NO2S. The summed E-state index contributed by atoms with van der Waals surface area (Å²) in [5.74, 6) is 1.05. The fourth-order valence-corrected chi connectivity index (χ4v) is 4.75. The second-order valence-electron chi connectivity index (χ2n) is 6.04. The van der Waals surface area contributed by atoms with Gasteiger partial charge in [0.1, 0.15) is 9.84 Å². The molecule has 1 aliphatic rings. The molecule has 0 saturated carbocycles. The van der Waals surface area contributed by atoms with E-state index in [4.69, 9.17) is 0 Å². The molecule has 3 nitrogen and oxygen atoms in total. The molecule has 1 N–H and O–H groups in total. The molecule has 2 atom stereocenters. The van der Waals surface area contributed by atoms with E-state index < -0.39 is 9.84 Å². The number of fused-ring (bicyclic) bond motifs is 1. The van der Waals surface area contributed by atoms with Crippen LogP contribution in [0, 0.1) is 5.92 Å². The molecule has 0 radical (unpaired) electrons. The normalized spacial score (nSPS) is 21.4. The first-order chi connectivity index (χ1) is 10.1. The molecule has 2 unspecified atom stereocenters. The number of sulfone groups is 1. The molecule has 1 aromatic carbocycles. The molecule has 21 heavy (non-hydrogen) atoms. The first-order valence-corrected chi connectivity index (χ1v) is 9.91. The zero-order chi connectivity index (χ0) is 15.3. The Kier molecular flexibility index (Phi) is 5.82. The van der Waals surface area contributed by atoms with E-state index in [1.807, 2.05) is 6.92 Å². The summed E-state index contributed by atoms with van der Waals surface area (Å²) in [5, 5.41) is 3.61. The average Bonchev–Trinajstić information content (AvgIpc) is 2.81. The minimum Gasteiger partial charge on any atom is -0.310 e. The van der Waals surface area contributed by atoms with Gasteiger partial charge in [0.25, 0.3) is 0 Å². The van der Waals surface area contributed by atoms with Crippen LogP contribution in [0.3, 0.4) is 0 Å². The van der Waals surface area contributed by atoms with Gasteiger partial charge in [-0.2, -0.15) is 0 Å². The lowest BCUT2D eigenvalue weighted by molar-refractivity contribution is 0.379. The van der Waals surface area contributed by atoms with Crippen LogP contribution >= 0.6 is 0 Å². The van der Waals surface area contributed by atoms with Crippen molar-refractivity contribution in [2.75, 3.05) is 18.1 Å². The highest BCUT2D eigenvalue weighted by Crippen LogP contribution is 2.38. The van der Waals surface area contributed by atoms with Gasteiger partial charge in [-0.05, 0) is 49.3 Å². The van der Waals surface area contributed by atoms with Crippen LogP contribution in [0.15, 0.2) is 24.3 Å². The molecule has 1 aromatic rings. The first-order valence-electron chi connectivity index (χ1n) is 8.09. The van der Waals surface area contributed by atoms with E-state index in [0.29, 0.717) is 29.9 Å². The Labute approximate surface area is 129 Å². The molecule has 0 bridgehead atoms. The van der Waals surface area contributed by atoms with Gasteiger partial charge in [0.2, 0.25) is 0 Å². The summed E-state index contributed by atoms with van der Waals surface area (Å²) in [6, 6.07) is 8.83. The lowest BCUT2D eigenvalue weighted by Gasteiger charge is -2.22. The Morgan fingerprint density at radius 2 is 1.90 bits per heavy atom. The number of hydrogen-bond acceptors (Lipinski definition) is 3. The van der Waals surface area contributed by atoms with Crippen LogP contribution in [0.5, 0.6) is 0 Å². The van der Waals surface area contributed by atoms with Crippen molar-refractivity contribution in [1.29, 1.82) is 0 Å². The predicted molar refractivity (Wildman–Crippen MR) is 88.2 cm³/mol. The number of rotatable bonds is 8. The van der Waals surface area contributed by atoms with Crippen LogP contribution in [0.2, 0.25) is 0 Å². The second kappa shape index (κ2) is 7.41. The SMILES string of the molecule is CCCNC1c2ccccc2CC1CCS(=O)(=O)CCC. The molecule has 4 heteroatoms. The van der Waals surface area contributed by atoms with Gasteiger partial charge in [-0.15, -0.1) is 0 Å². The fraction of sp³-hybridized carbons (Fsp3) is 0.647. The van der Waals surface area contributed by atoms with Crippen LogP contribution < -0.4 is 5.32 Å². The number of nitrogens with one attached hydrogen (secondary N) is 1. The third-order valence-corrected chi connectivity index (χ3v) is 6.16. The van der Waals surface area contributed by atoms with E-state index >= 15 is 0 Å². The number of benzene rings is 1. The van der Waals surface area contributed by atoms with E-state index in [0.717, 1.165) is 25.8 Å². The molecule has 0 amide bonds. The van der Waals surface area contributed by atoms with Crippen molar-refractivity contribution in [2.45, 2.75) is 45.6 Å². The molecule has 1 aliphatic carbocycles. The van der Waals surface area contributed by atoms with Gasteiger partial charge in [0.05, 0.1) is 5.75 Å². The van der Waals surface area contributed by atoms with Crippen molar-refractivity contribution >= 4 is 9.84 Å². The van der Waals surface area contributed by atoms with Crippen LogP contribution in [0.1, 0.15) is 50.3 Å². The minimum atomic E-state index is -2.88. The molecule has 0 spiro atoms. The average molecular weight is 309 g/mol. The van der Waals surface area contributed by atoms with Crippen molar-refractivity contribution in [3.05, 3.63) is 35.4 Å². The van der Waals surface area contributed by atoms with Crippen LogP contribution in [0.25, 0.3) is 0 Å². The topological polar surface area (TPSA) is 46.2 Å². The molecule has 2 rings (SSSR count). The summed E-state index contributed by atoms with van der Waals surface area (Å²) in [7, 11) is -2.88. The highest BCUT2D eigenvalue weighted by molar-refractivity contribution is 7.91. The molecule has 0 saturated heterocycles. The summed E-state index contributed by atoms with van der Waals surface area (Å²) < 4.78 is 23.9. The minimum absolute atomic E-state index is 0.318. The maximum Gasteiger partial charge on any atom is 0.150 e. The maximum atomic E-state index is 12.0. The largest absolute Gasteiger partial charge is 0.310 e. The van der Waals surface area contributed by atoms with Gasteiger partial charge in [-0.1, -0.05) is 38.1 Å². The van der Waals surface area contributed by atoms with Crippen molar-refractivity contribution in [3.63, 3.8) is 0 Å². The van der Waals surface area contributed by atoms with Crippen LogP contribution in [-0.4, -0.2) is 26.5 Å². The third kappa shape index (κ3) is 4.30. The summed E-state index contributed by atoms with van der Waals surface area (Å²) in [6.07, 6.45) is 3.57. The zero-order valence-corrected chi connectivity index (χ0v) is 14.0. The standard InChI is InChI=1S/C17H27NO2S/c1-3-10-18-17-15(9-12-21(19,20)11-4-2)13-14-7-5-6-8-16(14)17/h5-8,15,17-18H,3-4,9-13H2,1-2H3. The van der Waals surface area contributed by atoms with E-state index in [1.165, 1.54) is 11.1 Å². The Morgan fingerprint density at radius 3 is 2.62 bits per heavy atom. The van der Waals surface area contributed by atoms with Crippen molar-refractivity contribution in [1.82, 2.24) is 5.32 Å². The quantitative estimate of drug-likeness (QED) is 0.802. The van der Waals surface area contributed by atoms with Gasteiger partial charge in [-0.3, -0.25) is 0 Å². The highest BCUT2D eigenvalue weighted by atomic mass is 32.2. The predicted octanol–water partition coefficient (Wildman–Crippen LogP) is 3.11. The van der Waals surface area contributed by atoms with Gasteiger partial charge in [0, 0.05) is 11.8 Å². The van der Waals surface area contributed by atoms with Crippen molar-refractivity contribution < 1.29 is 8.42 Å². The molecule has 0 fully saturated rings. The highest BCUT2D eigenvalue weighted by Gasteiger charge is 2.32. The monoisotopic (exact) mass is 309 g/mol. The van der Waals surface area contributed by atoms with Gasteiger partial charge in [0.15, 0.2) is 0 Å².